The molecule has 2 N–H and O–H groups in total. The first kappa shape index (κ1) is 27.7. The number of nitrogens with two attached hydrogens (primary N) is 1. The summed E-state index contributed by atoms with van der Waals surface area (Å²) in [4.78, 5) is 45.7. The molecule has 1 aliphatic rings. The lowest BCUT2D eigenvalue weighted by Crippen LogP contribution is -2.34. The maximum Gasteiger partial charge on any atom is 0.275 e. The van der Waals surface area contributed by atoms with Gasteiger partial charge in [-0.3, -0.25) is 14.4 Å². The lowest BCUT2D eigenvalue weighted by molar-refractivity contribution is -0.129. The standard InChI is InChI=1S/C29H33FN6O3/c1-5-9-35(10-6-2)28(38)20-12-23-24(30)13-19(14-25(23)33-26(31)15-20)18-7-8-22-21(11-18)16-32-36(29(22)39)17-27(37)34(3)4/h7-8,11-14,16H,5-6,9-10,15,17H2,1-4H3,(H2,31,33). The van der Waals surface area contributed by atoms with Crippen LogP contribution in [0.3, 0.4) is 0 Å². The van der Waals surface area contributed by atoms with Gasteiger partial charge in [0.25, 0.3) is 5.56 Å². The monoisotopic (exact) mass is 532 g/mol. The van der Waals surface area contributed by atoms with E-state index < -0.39 is 5.82 Å². The molecule has 0 atom stereocenters. The van der Waals surface area contributed by atoms with Crippen LogP contribution in [0.5, 0.6) is 0 Å². The largest absolute Gasteiger partial charge is 0.387 e. The van der Waals surface area contributed by atoms with E-state index in [2.05, 4.69) is 10.1 Å². The summed E-state index contributed by atoms with van der Waals surface area (Å²) in [6.45, 7) is 5.08. The second-order valence-electron chi connectivity index (χ2n) is 9.83. The fourth-order valence-corrected chi connectivity index (χ4v) is 4.56. The summed E-state index contributed by atoms with van der Waals surface area (Å²) >= 11 is 0. The van der Waals surface area contributed by atoms with E-state index in [1.165, 1.54) is 17.2 Å². The highest BCUT2D eigenvalue weighted by Crippen LogP contribution is 2.35. The quantitative estimate of drug-likeness (QED) is 0.475. The van der Waals surface area contributed by atoms with Crippen molar-refractivity contribution in [3.8, 4) is 11.1 Å². The van der Waals surface area contributed by atoms with Crippen molar-refractivity contribution in [2.24, 2.45) is 10.7 Å². The van der Waals surface area contributed by atoms with Crippen molar-refractivity contribution in [3.63, 3.8) is 0 Å². The Morgan fingerprint density at radius 3 is 2.46 bits per heavy atom. The molecule has 0 spiro atoms. The Bertz CT molecular complexity index is 1550. The normalized spacial score (nSPS) is 12.8. The van der Waals surface area contributed by atoms with Crippen LogP contribution in [0.2, 0.25) is 0 Å². The number of hydrogen-bond donors (Lipinski definition) is 1. The first-order chi connectivity index (χ1) is 18.6. The van der Waals surface area contributed by atoms with E-state index in [0.717, 1.165) is 17.5 Å². The van der Waals surface area contributed by atoms with Crippen LogP contribution >= 0.6 is 0 Å². The zero-order valence-corrected chi connectivity index (χ0v) is 22.7. The third-order valence-electron chi connectivity index (χ3n) is 6.58. The van der Waals surface area contributed by atoms with E-state index in [1.807, 2.05) is 13.8 Å². The molecule has 204 valence electrons. The van der Waals surface area contributed by atoms with Crippen LogP contribution < -0.4 is 11.3 Å². The van der Waals surface area contributed by atoms with Crippen LogP contribution in [0.25, 0.3) is 28.0 Å². The number of carbonyl (C=O) groups is 2. The Kier molecular flexibility index (Phi) is 8.23. The molecule has 0 unspecified atom stereocenters. The third kappa shape index (κ3) is 5.89. The van der Waals surface area contributed by atoms with E-state index in [1.54, 1.807) is 49.3 Å². The van der Waals surface area contributed by atoms with Crippen LogP contribution in [0.15, 0.2) is 51.9 Å². The number of hydrogen-bond acceptors (Lipinski definition) is 6. The number of aliphatic imine (C=N–C) groups is 1. The van der Waals surface area contributed by atoms with Crippen LogP contribution in [-0.2, 0) is 16.1 Å². The molecule has 0 bridgehead atoms. The number of benzene rings is 2. The lowest BCUT2D eigenvalue weighted by Gasteiger charge is -2.22. The fourth-order valence-electron chi connectivity index (χ4n) is 4.56. The fraction of sp³-hybridized carbons (Fsp3) is 0.345. The highest BCUT2D eigenvalue weighted by molar-refractivity contribution is 6.05. The molecule has 0 saturated heterocycles. The highest BCUT2D eigenvalue weighted by atomic mass is 19.1. The van der Waals surface area contributed by atoms with E-state index >= 15 is 4.39 Å². The molecular weight excluding hydrogens is 499 g/mol. The number of nitrogens with zero attached hydrogens (tertiary/aromatic N) is 5. The molecule has 1 aliphatic heterocycles. The van der Waals surface area contributed by atoms with Crippen molar-refractivity contribution in [3.05, 3.63) is 63.8 Å². The van der Waals surface area contributed by atoms with Crippen molar-refractivity contribution in [2.75, 3.05) is 27.2 Å². The first-order valence-electron chi connectivity index (χ1n) is 13.0. The number of amides is 2. The molecule has 2 aromatic carbocycles. The molecule has 0 fully saturated rings. The summed E-state index contributed by atoms with van der Waals surface area (Å²) in [7, 11) is 3.22. The van der Waals surface area contributed by atoms with E-state index in [-0.39, 0.29) is 41.7 Å². The summed E-state index contributed by atoms with van der Waals surface area (Å²) in [6, 6.07) is 8.20. The smallest absolute Gasteiger partial charge is 0.275 e. The Morgan fingerprint density at radius 1 is 1.08 bits per heavy atom. The topological polar surface area (TPSA) is 114 Å². The SMILES string of the molecule is CCCN(CCC)C(=O)C1=Cc2c(F)cc(-c3ccc4c(=O)n(CC(=O)N(C)C)ncc4c3)cc2N=C(N)C1. The van der Waals surface area contributed by atoms with Gasteiger partial charge in [0.2, 0.25) is 11.8 Å². The molecule has 1 aromatic heterocycles. The van der Waals surface area contributed by atoms with Gasteiger partial charge in [0.15, 0.2) is 0 Å². The van der Waals surface area contributed by atoms with E-state index in [0.29, 0.717) is 46.2 Å². The maximum absolute atomic E-state index is 15.5. The number of amidine groups is 1. The number of likely N-dealkylation sites (N-methyl/N-ethyl adjacent to an activating group) is 1. The zero-order chi connectivity index (χ0) is 28.3. The molecule has 4 rings (SSSR count). The number of aromatic nitrogens is 2. The van der Waals surface area contributed by atoms with Crippen molar-refractivity contribution < 1.29 is 14.0 Å². The first-order valence-corrected chi connectivity index (χ1v) is 13.0. The van der Waals surface area contributed by atoms with Crippen molar-refractivity contribution in [2.45, 2.75) is 39.7 Å². The number of fused-ring (bicyclic) bond motifs is 2. The average Bonchev–Trinajstić information content (AvgIpc) is 3.07. The Hall–Kier alpha value is -4.34. The van der Waals surface area contributed by atoms with Crippen molar-refractivity contribution in [1.82, 2.24) is 19.6 Å². The van der Waals surface area contributed by atoms with Crippen LogP contribution in [0, 0.1) is 5.82 Å². The molecule has 0 aliphatic carbocycles. The van der Waals surface area contributed by atoms with Gasteiger partial charge >= 0.3 is 0 Å². The summed E-state index contributed by atoms with van der Waals surface area (Å²) < 4.78 is 16.6. The predicted octanol–water partition coefficient (Wildman–Crippen LogP) is 3.72. The van der Waals surface area contributed by atoms with Crippen LogP contribution in [0.1, 0.15) is 38.7 Å². The van der Waals surface area contributed by atoms with Gasteiger partial charge in [-0.2, -0.15) is 5.10 Å². The number of rotatable bonds is 8. The summed E-state index contributed by atoms with van der Waals surface area (Å²) in [5.41, 5.74) is 7.93. The molecule has 0 radical (unpaired) electrons. The third-order valence-corrected chi connectivity index (χ3v) is 6.58. The lowest BCUT2D eigenvalue weighted by atomic mass is 9.98. The summed E-state index contributed by atoms with van der Waals surface area (Å²) in [5, 5.41) is 5.09. The van der Waals surface area contributed by atoms with E-state index in [9.17, 15) is 14.4 Å². The molecule has 3 aromatic rings. The molecule has 2 heterocycles. The van der Waals surface area contributed by atoms with Gasteiger partial charge in [0, 0.05) is 50.1 Å². The molecule has 9 nitrogen and oxygen atoms in total. The molecular formula is C29H33FN6O3. The van der Waals surface area contributed by atoms with Gasteiger partial charge in [-0.1, -0.05) is 19.9 Å². The molecule has 10 heteroatoms. The van der Waals surface area contributed by atoms with Gasteiger partial charge in [0.05, 0.1) is 17.3 Å². The molecule has 39 heavy (non-hydrogen) atoms. The van der Waals surface area contributed by atoms with Crippen molar-refractivity contribution in [1.29, 1.82) is 0 Å². The second kappa shape index (κ2) is 11.6. The Labute approximate surface area is 226 Å². The summed E-state index contributed by atoms with van der Waals surface area (Å²) in [5.74, 6) is -0.704. The van der Waals surface area contributed by atoms with Crippen LogP contribution in [-0.4, -0.2) is 64.4 Å². The minimum Gasteiger partial charge on any atom is -0.387 e. The molecule has 0 saturated carbocycles. The Morgan fingerprint density at radius 2 is 1.79 bits per heavy atom. The van der Waals surface area contributed by atoms with Crippen molar-refractivity contribution >= 4 is 40.2 Å². The number of carbonyl (C=O) groups excluding carboxylic acids is 2. The predicted molar refractivity (Wildman–Crippen MR) is 151 cm³/mol. The molecule has 2 amide bonds. The number of halogens is 1. The van der Waals surface area contributed by atoms with Gasteiger partial charge in [-0.05, 0) is 54.3 Å². The zero-order valence-electron chi connectivity index (χ0n) is 22.7. The van der Waals surface area contributed by atoms with E-state index in [4.69, 9.17) is 5.73 Å². The van der Waals surface area contributed by atoms with Crippen LogP contribution in [0.4, 0.5) is 10.1 Å². The van der Waals surface area contributed by atoms with Gasteiger partial charge in [-0.15, -0.1) is 0 Å². The highest BCUT2D eigenvalue weighted by Gasteiger charge is 2.23. The Balaban J connectivity index is 1.72. The van der Waals surface area contributed by atoms with Gasteiger partial charge < -0.3 is 15.5 Å². The summed E-state index contributed by atoms with van der Waals surface area (Å²) in [6.07, 6.45) is 4.84. The minimum atomic E-state index is -0.528. The average molecular weight is 533 g/mol. The minimum absolute atomic E-state index is 0.135. The van der Waals surface area contributed by atoms with Gasteiger partial charge in [-0.25, -0.2) is 14.1 Å². The maximum atomic E-state index is 15.5. The van der Waals surface area contributed by atoms with Gasteiger partial charge in [0.1, 0.15) is 18.2 Å². The second-order valence-corrected chi connectivity index (χ2v) is 9.83.